The van der Waals surface area contributed by atoms with Gasteiger partial charge in [-0.2, -0.15) is 5.10 Å². The molecule has 0 saturated heterocycles. The van der Waals surface area contributed by atoms with E-state index in [9.17, 15) is 9.59 Å². The summed E-state index contributed by atoms with van der Waals surface area (Å²) in [6.45, 7) is 0.413. The fraction of sp³-hybridized carbons (Fsp3) is 0.190. The van der Waals surface area contributed by atoms with E-state index in [0.29, 0.717) is 47.0 Å². The van der Waals surface area contributed by atoms with Crippen molar-refractivity contribution in [3.8, 4) is 11.4 Å². The second-order valence-electron chi connectivity index (χ2n) is 6.73. The Balaban J connectivity index is 1.80. The third-order valence-corrected chi connectivity index (χ3v) is 5.08. The number of hydrogen-bond acceptors (Lipinski definition) is 6. The maximum atomic E-state index is 13.5. The normalized spacial score (nSPS) is 13.0. The Kier molecular flexibility index (Phi) is 5.11. The van der Waals surface area contributed by atoms with Crippen molar-refractivity contribution < 1.29 is 19.5 Å². The molecule has 0 saturated carbocycles. The van der Waals surface area contributed by atoms with Crippen LogP contribution in [-0.4, -0.2) is 47.5 Å². The van der Waals surface area contributed by atoms with Gasteiger partial charge in [0.15, 0.2) is 5.69 Å². The molecule has 2 amide bonds. The number of carbonyl (C=O) groups is 2. The fourth-order valence-electron chi connectivity index (χ4n) is 3.53. The molecule has 0 unspecified atom stereocenters. The number of hydrogen-bond donors (Lipinski definition) is 3. The van der Waals surface area contributed by atoms with Crippen LogP contribution in [-0.2, 0) is 6.42 Å². The summed E-state index contributed by atoms with van der Waals surface area (Å²) in [4.78, 5) is 27.5. The molecular weight excluding hydrogens is 386 g/mol. The first kappa shape index (κ1) is 19.5. The lowest BCUT2D eigenvalue weighted by Gasteiger charge is -2.28. The van der Waals surface area contributed by atoms with E-state index in [-0.39, 0.29) is 17.5 Å². The van der Waals surface area contributed by atoms with Gasteiger partial charge in [0, 0.05) is 24.8 Å². The van der Waals surface area contributed by atoms with Crippen LogP contribution in [0.1, 0.15) is 26.5 Å². The zero-order valence-electron chi connectivity index (χ0n) is 16.5. The van der Waals surface area contributed by atoms with Crippen LogP contribution >= 0.6 is 0 Å². The Morgan fingerprint density at radius 1 is 1.10 bits per heavy atom. The summed E-state index contributed by atoms with van der Waals surface area (Å²) < 4.78 is 6.71. The van der Waals surface area contributed by atoms with Crippen LogP contribution in [0.3, 0.4) is 0 Å². The average molecular weight is 407 g/mol. The Bertz CT molecular complexity index is 1090. The van der Waals surface area contributed by atoms with E-state index in [0.717, 1.165) is 0 Å². The van der Waals surface area contributed by atoms with Crippen molar-refractivity contribution in [2.75, 3.05) is 31.1 Å². The maximum absolute atomic E-state index is 13.5. The van der Waals surface area contributed by atoms with Gasteiger partial charge in [-0.05, 0) is 55.0 Å². The van der Waals surface area contributed by atoms with Gasteiger partial charge in [0.25, 0.3) is 11.8 Å². The van der Waals surface area contributed by atoms with E-state index in [4.69, 9.17) is 9.94 Å². The Labute approximate surface area is 172 Å². The molecule has 0 atom stereocenters. The van der Waals surface area contributed by atoms with Crippen molar-refractivity contribution in [3.63, 3.8) is 0 Å². The number of ether oxygens (including phenoxy) is 1. The van der Waals surface area contributed by atoms with Crippen LogP contribution in [0.2, 0.25) is 0 Å². The van der Waals surface area contributed by atoms with Crippen molar-refractivity contribution in [2.45, 2.75) is 6.42 Å². The second kappa shape index (κ2) is 7.88. The van der Waals surface area contributed by atoms with Crippen LogP contribution in [0.15, 0.2) is 48.5 Å². The van der Waals surface area contributed by atoms with Crippen LogP contribution < -0.4 is 20.4 Å². The van der Waals surface area contributed by atoms with Crippen molar-refractivity contribution in [1.29, 1.82) is 0 Å². The Morgan fingerprint density at radius 2 is 1.77 bits per heavy atom. The molecule has 0 spiro atoms. The molecule has 0 radical (unpaired) electrons. The van der Waals surface area contributed by atoms with Gasteiger partial charge in [-0.3, -0.25) is 20.3 Å². The van der Waals surface area contributed by atoms with Gasteiger partial charge in [-0.15, -0.1) is 0 Å². The largest absolute Gasteiger partial charge is 0.497 e. The lowest BCUT2D eigenvalue weighted by atomic mass is 10.0. The predicted octanol–water partition coefficient (Wildman–Crippen LogP) is 2.24. The summed E-state index contributed by atoms with van der Waals surface area (Å²) in [5.74, 6) is 0.0920. The van der Waals surface area contributed by atoms with Crippen LogP contribution in [0.5, 0.6) is 5.75 Å². The lowest BCUT2D eigenvalue weighted by Crippen LogP contribution is -2.39. The minimum Gasteiger partial charge on any atom is -0.497 e. The molecule has 1 aromatic heterocycles. The van der Waals surface area contributed by atoms with Crippen LogP contribution in [0.25, 0.3) is 5.69 Å². The standard InChI is InChI=1S/C21H21N5O4/c1-22-20(27)18-17-11-12-25(14-5-3-13(24-29)4-6-14)21(28)19(17)26(23-18)15-7-9-16(30-2)10-8-15/h3-10,24,29H,11-12H2,1-2H3,(H,22,27). The summed E-state index contributed by atoms with van der Waals surface area (Å²) in [5.41, 5.74) is 5.16. The summed E-state index contributed by atoms with van der Waals surface area (Å²) >= 11 is 0. The zero-order chi connectivity index (χ0) is 21.3. The molecule has 2 aromatic carbocycles. The van der Waals surface area contributed by atoms with Gasteiger partial charge >= 0.3 is 0 Å². The van der Waals surface area contributed by atoms with E-state index in [1.807, 2.05) is 0 Å². The summed E-state index contributed by atoms with van der Waals surface area (Å²) in [7, 11) is 3.11. The molecule has 3 aromatic rings. The number of rotatable bonds is 5. The molecule has 9 nitrogen and oxygen atoms in total. The summed E-state index contributed by atoms with van der Waals surface area (Å²) in [6, 6.07) is 14.0. The van der Waals surface area contributed by atoms with Gasteiger partial charge in [0.05, 0.1) is 18.5 Å². The van der Waals surface area contributed by atoms with E-state index in [1.54, 1.807) is 60.5 Å². The quantitative estimate of drug-likeness (QED) is 0.560. The molecule has 4 rings (SSSR count). The third-order valence-electron chi connectivity index (χ3n) is 5.08. The van der Waals surface area contributed by atoms with Gasteiger partial charge in [-0.1, -0.05) is 0 Å². The number of fused-ring (bicyclic) bond motifs is 1. The molecule has 0 bridgehead atoms. The molecular formula is C21H21N5O4. The number of aromatic nitrogens is 2. The average Bonchev–Trinajstić information content (AvgIpc) is 3.19. The molecule has 30 heavy (non-hydrogen) atoms. The predicted molar refractivity (Wildman–Crippen MR) is 111 cm³/mol. The molecule has 9 heteroatoms. The topological polar surface area (TPSA) is 109 Å². The number of anilines is 2. The monoisotopic (exact) mass is 407 g/mol. The number of nitrogens with zero attached hydrogens (tertiary/aromatic N) is 3. The maximum Gasteiger partial charge on any atom is 0.277 e. The van der Waals surface area contributed by atoms with E-state index in [1.165, 1.54) is 11.7 Å². The van der Waals surface area contributed by atoms with Gasteiger partial charge in [0.1, 0.15) is 11.4 Å². The molecule has 0 fully saturated rings. The Hall–Kier alpha value is -3.85. The zero-order valence-corrected chi connectivity index (χ0v) is 16.5. The SMILES string of the molecule is CNC(=O)c1nn(-c2ccc(OC)cc2)c2c1CCN(c1ccc(NO)cc1)C2=O. The lowest BCUT2D eigenvalue weighted by molar-refractivity contribution is 0.0956. The highest BCUT2D eigenvalue weighted by Crippen LogP contribution is 2.30. The fourth-order valence-corrected chi connectivity index (χ4v) is 3.53. The van der Waals surface area contributed by atoms with Crippen molar-refractivity contribution in [1.82, 2.24) is 15.1 Å². The number of amides is 2. The molecule has 1 aliphatic heterocycles. The number of nitrogens with one attached hydrogen (secondary N) is 2. The van der Waals surface area contributed by atoms with Crippen LogP contribution in [0, 0.1) is 0 Å². The first-order valence-electron chi connectivity index (χ1n) is 9.37. The van der Waals surface area contributed by atoms with E-state index >= 15 is 0 Å². The van der Waals surface area contributed by atoms with Crippen molar-refractivity contribution >= 4 is 23.2 Å². The highest BCUT2D eigenvalue weighted by atomic mass is 16.5. The second-order valence-corrected chi connectivity index (χ2v) is 6.73. The molecule has 0 aliphatic carbocycles. The highest BCUT2D eigenvalue weighted by Gasteiger charge is 2.34. The molecule has 154 valence electrons. The minimum atomic E-state index is -0.335. The molecule has 2 heterocycles. The van der Waals surface area contributed by atoms with Gasteiger partial charge in [0.2, 0.25) is 0 Å². The summed E-state index contributed by atoms with van der Waals surface area (Å²) in [5, 5.41) is 16.1. The van der Waals surface area contributed by atoms with Crippen molar-refractivity contribution in [3.05, 3.63) is 65.5 Å². The molecule has 3 N–H and O–H groups in total. The number of methoxy groups -OCH3 is 1. The Morgan fingerprint density at radius 3 is 2.37 bits per heavy atom. The number of benzene rings is 2. The van der Waals surface area contributed by atoms with Gasteiger partial charge < -0.3 is 15.0 Å². The van der Waals surface area contributed by atoms with E-state index in [2.05, 4.69) is 15.9 Å². The number of carbonyl (C=O) groups excluding carboxylic acids is 2. The minimum absolute atomic E-state index is 0.246. The molecule has 1 aliphatic rings. The van der Waals surface area contributed by atoms with Crippen molar-refractivity contribution in [2.24, 2.45) is 0 Å². The summed E-state index contributed by atoms with van der Waals surface area (Å²) in [6.07, 6.45) is 0.486. The van der Waals surface area contributed by atoms with Gasteiger partial charge in [-0.25, -0.2) is 4.68 Å². The smallest absolute Gasteiger partial charge is 0.277 e. The highest BCUT2D eigenvalue weighted by molar-refractivity contribution is 6.09. The first-order chi connectivity index (χ1) is 14.6. The van der Waals surface area contributed by atoms with Crippen LogP contribution in [0.4, 0.5) is 11.4 Å². The third kappa shape index (κ3) is 3.25. The first-order valence-corrected chi connectivity index (χ1v) is 9.37. The van der Waals surface area contributed by atoms with E-state index < -0.39 is 0 Å².